The molecule has 0 aliphatic carbocycles. The Morgan fingerprint density at radius 3 is 2.70 bits per heavy atom. The molecule has 0 spiro atoms. The Balaban J connectivity index is 1.74. The normalized spacial score (nSPS) is 10.3. The molecule has 3 aromatic rings. The van der Waals surface area contributed by atoms with Gasteiger partial charge in [0.25, 0.3) is 0 Å². The summed E-state index contributed by atoms with van der Waals surface area (Å²) in [5.74, 6) is 1.24. The molecule has 5 nitrogen and oxygen atoms in total. The van der Waals surface area contributed by atoms with E-state index in [2.05, 4.69) is 48.6 Å². The van der Waals surface area contributed by atoms with Crippen molar-refractivity contribution >= 4 is 33.4 Å². The molecule has 0 aliphatic rings. The molecule has 0 aliphatic heterocycles. The highest BCUT2D eigenvalue weighted by atomic mass is 79.9. The maximum absolute atomic E-state index is 4.52. The second kappa shape index (κ2) is 7.19. The predicted molar refractivity (Wildman–Crippen MR) is 95.8 cm³/mol. The molecule has 0 unspecified atom stereocenters. The second-order valence-electron chi connectivity index (χ2n) is 5.12. The molecule has 0 radical (unpaired) electrons. The molecule has 1 heterocycles. The fourth-order valence-electron chi connectivity index (χ4n) is 2.17. The number of rotatable bonds is 5. The first kappa shape index (κ1) is 15.4. The summed E-state index contributed by atoms with van der Waals surface area (Å²) in [6, 6.07) is 18.1. The highest BCUT2D eigenvalue weighted by molar-refractivity contribution is 9.10. The van der Waals surface area contributed by atoms with Gasteiger partial charge in [-0.25, -0.2) is 0 Å². The Hall–Kier alpha value is -2.47. The molecule has 1 aromatic heterocycles. The standard InChI is InChI=1S/C17H16BrN5/c1-23(12-13-6-3-2-4-7-13)16-11-19-22-17(21-16)20-15-9-5-8-14(18)10-15/h2-11H,12H2,1H3,(H,20,21,22). The molecule has 2 aromatic carbocycles. The van der Waals surface area contributed by atoms with Gasteiger partial charge in [0, 0.05) is 23.8 Å². The largest absolute Gasteiger partial charge is 0.354 e. The van der Waals surface area contributed by atoms with Crippen molar-refractivity contribution < 1.29 is 0 Å². The lowest BCUT2D eigenvalue weighted by atomic mass is 10.2. The SMILES string of the molecule is CN(Cc1ccccc1)c1cnnc(Nc2cccc(Br)c2)n1. The summed E-state index contributed by atoms with van der Waals surface area (Å²) in [6.45, 7) is 0.760. The fraction of sp³-hybridized carbons (Fsp3) is 0.118. The van der Waals surface area contributed by atoms with Crippen LogP contribution in [0.25, 0.3) is 0 Å². The summed E-state index contributed by atoms with van der Waals surface area (Å²) >= 11 is 3.45. The van der Waals surface area contributed by atoms with Gasteiger partial charge in [-0.15, -0.1) is 5.10 Å². The van der Waals surface area contributed by atoms with Crippen molar-refractivity contribution in [2.75, 3.05) is 17.3 Å². The van der Waals surface area contributed by atoms with Crippen molar-refractivity contribution in [3.63, 3.8) is 0 Å². The van der Waals surface area contributed by atoms with Crippen LogP contribution in [0.2, 0.25) is 0 Å². The molecule has 0 amide bonds. The van der Waals surface area contributed by atoms with Gasteiger partial charge in [0.15, 0.2) is 5.82 Å². The summed E-state index contributed by atoms with van der Waals surface area (Å²) in [7, 11) is 1.99. The number of aromatic nitrogens is 3. The number of benzene rings is 2. The highest BCUT2D eigenvalue weighted by Crippen LogP contribution is 2.19. The molecule has 3 rings (SSSR count). The van der Waals surface area contributed by atoms with E-state index in [0.717, 1.165) is 22.5 Å². The molecule has 1 N–H and O–H groups in total. The lowest BCUT2D eigenvalue weighted by Crippen LogP contribution is -2.18. The topological polar surface area (TPSA) is 53.9 Å². The van der Waals surface area contributed by atoms with E-state index in [1.54, 1.807) is 6.20 Å². The number of hydrogen-bond acceptors (Lipinski definition) is 5. The average Bonchev–Trinajstić information content (AvgIpc) is 2.56. The number of hydrogen-bond donors (Lipinski definition) is 1. The van der Waals surface area contributed by atoms with Crippen molar-refractivity contribution in [3.05, 3.63) is 70.8 Å². The summed E-state index contributed by atoms with van der Waals surface area (Å²) in [6.07, 6.45) is 1.66. The third-order valence-corrected chi connectivity index (χ3v) is 3.77. The monoisotopic (exact) mass is 369 g/mol. The summed E-state index contributed by atoms with van der Waals surface area (Å²) < 4.78 is 0.993. The van der Waals surface area contributed by atoms with E-state index in [4.69, 9.17) is 0 Å². The second-order valence-corrected chi connectivity index (χ2v) is 6.03. The van der Waals surface area contributed by atoms with E-state index in [-0.39, 0.29) is 0 Å². The van der Waals surface area contributed by atoms with Gasteiger partial charge in [-0.2, -0.15) is 10.1 Å². The summed E-state index contributed by atoms with van der Waals surface area (Å²) in [5, 5.41) is 11.2. The minimum atomic E-state index is 0.473. The van der Waals surface area contributed by atoms with Crippen LogP contribution in [0.3, 0.4) is 0 Å². The zero-order valence-corrected chi connectivity index (χ0v) is 14.2. The Labute approximate surface area is 143 Å². The van der Waals surface area contributed by atoms with E-state index < -0.39 is 0 Å². The van der Waals surface area contributed by atoms with Crippen LogP contribution >= 0.6 is 15.9 Å². The smallest absolute Gasteiger partial charge is 0.249 e. The van der Waals surface area contributed by atoms with Gasteiger partial charge in [0.2, 0.25) is 5.95 Å². The molecule has 6 heteroatoms. The third-order valence-electron chi connectivity index (χ3n) is 3.28. The summed E-state index contributed by atoms with van der Waals surface area (Å²) in [5.41, 5.74) is 2.12. The van der Waals surface area contributed by atoms with Gasteiger partial charge in [-0.3, -0.25) is 0 Å². The molecule has 0 atom stereocenters. The highest BCUT2D eigenvalue weighted by Gasteiger charge is 2.07. The minimum Gasteiger partial charge on any atom is -0.354 e. The van der Waals surface area contributed by atoms with Gasteiger partial charge in [0.1, 0.15) is 0 Å². The van der Waals surface area contributed by atoms with Crippen LogP contribution < -0.4 is 10.2 Å². The predicted octanol–water partition coefficient (Wildman–Crippen LogP) is 4.01. The Morgan fingerprint density at radius 1 is 1.09 bits per heavy atom. The quantitative estimate of drug-likeness (QED) is 0.735. The van der Waals surface area contributed by atoms with Crippen LogP contribution in [0.1, 0.15) is 5.56 Å². The molecule has 23 heavy (non-hydrogen) atoms. The van der Waals surface area contributed by atoms with Crippen molar-refractivity contribution in [1.82, 2.24) is 15.2 Å². The Morgan fingerprint density at radius 2 is 1.91 bits per heavy atom. The van der Waals surface area contributed by atoms with Crippen LogP contribution in [0.15, 0.2) is 65.3 Å². The molecular formula is C17H16BrN5. The molecular weight excluding hydrogens is 354 g/mol. The van der Waals surface area contributed by atoms with Gasteiger partial charge in [-0.05, 0) is 23.8 Å². The number of nitrogens with zero attached hydrogens (tertiary/aromatic N) is 4. The van der Waals surface area contributed by atoms with E-state index in [9.17, 15) is 0 Å². The van der Waals surface area contributed by atoms with Crippen LogP contribution in [-0.2, 0) is 6.54 Å². The van der Waals surface area contributed by atoms with E-state index >= 15 is 0 Å². The van der Waals surface area contributed by atoms with Crippen LogP contribution in [-0.4, -0.2) is 22.2 Å². The van der Waals surface area contributed by atoms with Crippen molar-refractivity contribution in [2.45, 2.75) is 6.54 Å². The molecule has 0 saturated carbocycles. The lowest BCUT2D eigenvalue weighted by Gasteiger charge is -2.18. The summed E-state index contributed by atoms with van der Waals surface area (Å²) in [4.78, 5) is 6.56. The van der Waals surface area contributed by atoms with Crippen LogP contribution in [0.5, 0.6) is 0 Å². The third kappa shape index (κ3) is 4.26. The maximum atomic E-state index is 4.52. The molecule has 0 bridgehead atoms. The zero-order chi connectivity index (χ0) is 16.1. The van der Waals surface area contributed by atoms with Gasteiger partial charge >= 0.3 is 0 Å². The van der Waals surface area contributed by atoms with Crippen molar-refractivity contribution in [2.24, 2.45) is 0 Å². The fourth-order valence-corrected chi connectivity index (χ4v) is 2.56. The van der Waals surface area contributed by atoms with Crippen molar-refractivity contribution in [3.8, 4) is 0 Å². The average molecular weight is 370 g/mol. The van der Waals surface area contributed by atoms with Crippen molar-refractivity contribution in [1.29, 1.82) is 0 Å². The first-order valence-corrected chi connectivity index (χ1v) is 7.97. The Kier molecular flexibility index (Phi) is 4.83. The van der Waals surface area contributed by atoms with E-state index in [1.807, 2.05) is 54.4 Å². The number of anilines is 3. The number of nitrogens with one attached hydrogen (secondary N) is 1. The molecule has 0 fully saturated rings. The Bertz CT molecular complexity index is 779. The van der Waals surface area contributed by atoms with Gasteiger partial charge in [0.05, 0.1) is 6.20 Å². The lowest BCUT2D eigenvalue weighted by molar-refractivity contribution is 0.866. The van der Waals surface area contributed by atoms with Gasteiger partial charge in [-0.1, -0.05) is 52.3 Å². The van der Waals surface area contributed by atoms with E-state index in [1.165, 1.54) is 5.56 Å². The first-order valence-electron chi connectivity index (χ1n) is 7.18. The van der Waals surface area contributed by atoms with Gasteiger partial charge < -0.3 is 10.2 Å². The van der Waals surface area contributed by atoms with E-state index in [0.29, 0.717) is 5.95 Å². The maximum Gasteiger partial charge on any atom is 0.249 e. The zero-order valence-electron chi connectivity index (χ0n) is 12.6. The van der Waals surface area contributed by atoms with Crippen LogP contribution in [0, 0.1) is 0 Å². The minimum absolute atomic E-state index is 0.473. The first-order chi connectivity index (χ1) is 11.2. The molecule has 0 saturated heterocycles. The number of halogens is 1. The van der Waals surface area contributed by atoms with Crippen LogP contribution in [0.4, 0.5) is 17.5 Å². The molecule has 116 valence electrons.